The number of rotatable bonds is 3. The molecule has 0 aromatic rings. The molecule has 80 valence electrons. The number of carbonyl (C=O) groups is 2. The molecule has 14 heavy (non-hydrogen) atoms. The first-order valence-corrected chi connectivity index (χ1v) is 4.73. The Morgan fingerprint density at radius 2 is 2.29 bits per heavy atom. The van der Waals surface area contributed by atoms with E-state index in [2.05, 4.69) is 15.9 Å². The summed E-state index contributed by atoms with van der Waals surface area (Å²) in [7, 11) is 0. The Kier molecular flexibility index (Phi) is 2.96. The molecule has 1 saturated heterocycles. The number of carbonyl (C=O) groups excluding carboxylic acids is 2. The lowest BCUT2D eigenvalue weighted by molar-refractivity contribution is -0.158. The van der Waals surface area contributed by atoms with Crippen molar-refractivity contribution in [2.24, 2.45) is 0 Å². The van der Waals surface area contributed by atoms with Crippen LogP contribution in [0.3, 0.4) is 0 Å². The third-order valence-corrected chi connectivity index (χ3v) is 2.14. The first-order valence-electron chi connectivity index (χ1n) is 4.44. The van der Waals surface area contributed by atoms with Gasteiger partial charge in [0.1, 0.15) is 12.2 Å². The minimum Gasteiger partial charge on any atom is -0.381 e. The summed E-state index contributed by atoms with van der Waals surface area (Å²) < 4.78 is 16.6. The topological polar surface area (TPSA) is 72.8 Å². The second-order valence-corrected chi connectivity index (χ2v) is 4.04. The maximum Gasteiger partial charge on any atom is 0.228 e. The maximum atomic E-state index is 11.0. The number of aldehydes is 1. The van der Waals surface area contributed by atoms with Crippen LogP contribution in [0.5, 0.6) is 0 Å². The van der Waals surface area contributed by atoms with Gasteiger partial charge in [-0.3, -0.25) is 4.79 Å². The molecule has 0 amide bonds. The maximum absolute atomic E-state index is 11.0. The van der Waals surface area contributed by atoms with Crippen molar-refractivity contribution in [3.63, 3.8) is 0 Å². The molecule has 1 rings (SSSR count). The zero-order chi connectivity index (χ0) is 11.9. The van der Waals surface area contributed by atoms with Gasteiger partial charge in [-0.2, -0.15) is 0 Å². The fourth-order valence-electron chi connectivity index (χ4n) is 1.21. The summed E-state index contributed by atoms with van der Waals surface area (Å²) in [6.45, 7) is 3.05. The molecule has 0 saturated carbocycles. The van der Waals surface area contributed by atoms with Gasteiger partial charge in [-0.05, 0) is 29.8 Å². The summed E-state index contributed by atoms with van der Waals surface area (Å²) in [5.74, 6) is -1.10. The van der Waals surface area contributed by atoms with E-state index in [0.717, 1.165) is 0 Å². The van der Waals surface area contributed by atoms with Crippen LogP contribution in [0.15, 0.2) is 0 Å². The van der Waals surface area contributed by atoms with Gasteiger partial charge < -0.3 is 19.4 Å². The van der Waals surface area contributed by atoms with Crippen molar-refractivity contribution in [3.8, 4) is 0 Å². The van der Waals surface area contributed by atoms with Crippen LogP contribution in [0, 0.1) is 0 Å². The van der Waals surface area contributed by atoms with Crippen LogP contribution >= 0.6 is 15.9 Å². The van der Waals surface area contributed by atoms with E-state index in [-0.39, 0.29) is 0 Å². The molecular weight excluding hydrogens is 256 g/mol. The van der Waals surface area contributed by atoms with Gasteiger partial charge in [0.25, 0.3) is 0 Å². The molecule has 0 bridgehead atoms. The highest BCUT2D eigenvalue weighted by atomic mass is 79.9. The van der Waals surface area contributed by atoms with Crippen LogP contribution < -0.4 is 0 Å². The molecule has 1 N–H and O–H groups in total. The molecule has 0 radical (unpaired) electrons. The highest BCUT2D eigenvalue weighted by Crippen LogP contribution is 2.29. The Bertz CT molecular complexity index is 291. The molecule has 1 aliphatic heterocycles. The van der Waals surface area contributed by atoms with Gasteiger partial charge in [-0.25, -0.2) is 0 Å². The van der Waals surface area contributed by atoms with Crippen LogP contribution in [-0.2, 0) is 19.1 Å². The molecule has 3 atom stereocenters. The minimum absolute atomic E-state index is 0.398. The number of ether oxygens (including phenoxy) is 2. The molecule has 1 heterocycles. The zero-order valence-corrected chi connectivity index (χ0v) is 9.28. The molecule has 0 aromatic carbocycles. The molecule has 5 nitrogen and oxygen atoms in total. The fourth-order valence-corrected chi connectivity index (χ4v) is 1.44. The van der Waals surface area contributed by atoms with Gasteiger partial charge in [0, 0.05) is 0 Å². The van der Waals surface area contributed by atoms with E-state index in [4.69, 9.17) is 10.8 Å². The van der Waals surface area contributed by atoms with Crippen LogP contribution in [0.1, 0.15) is 15.2 Å². The first-order chi connectivity index (χ1) is 6.70. The quantitative estimate of drug-likeness (QED) is 0.575. The predicted octanol–water partition coefficient (Wildman–Crippen LogP) is -0.0122. The molecule has 1 fully saturated rings. The van der Waals surface area contributed by atoms with E-state index >= 15 is 0 Å². The molecule has 1 aliphatic rings. The molecular formula is C8H11BrO5. The summed E-state index contributed by atoms with van der Waals surface area (Å²) in [5.41, 5.74) is 0. The van der Waals surface area contributed by atoms with Crippen LogP contribution in [0.25, 0.3) is 0 Å². The van der Waals surface area contributed by atoms with Gasteiger partial charge in [0.05, 0.1) is 1.37 Å². The van der Waals surface area contributed by atoms with Gasteiger partial charge >= 0.3 is 0 Å². The van der Waals surface area contributed by atoms with E-state index in [0.29, 0.717) is 6.29 Å². The molecule has 0 unspecified atom stereocenters. The Labute approximate surface area is 90.9 Å². The first kappa shape index (κ1) is 10.2. The normalized spacial score (nSPS) is 35.9. The SMILES string of the molecule is [2H][C@@](O)(C(=O)Br)[C@H]1OC(C)(C)O[C@H]1C=O. The van der Waals surface area contributed by atoms with Crippen LogP contribution in [0.4, 0.5) is 0 Å². The average Bonchev–Trinajstić information content (AvgIpc) is 2.41. The van der Waals surface area contributed by atoms with Gasteiger partial charge in [-0.1, -0.05) is 0 Å². The Balaban J connectivity index is 2.95. The van der Waals surface area contributed by atoms with E-state index in [1.165, 1.54) is 13.8 Å². The molecule has 0 spiro atoms. The minimum atomic E-state index is -2.54. The smallest absolute Gasteiger partial charge is 0.228 e. The van der Waals surface area contributed by atoms with Gasteiger partial charge in [0.2, 0.25) is 4.69 Å². The average molecular weight is 268 g/mol. The fraction of sp³-hybridized carbons (Fsp3) is 0.750. The monoisotopic (exact) mass is 267 g/mol. The van der Waals surface area contributed by atoms with Crippen molar-refractivity contribution < 1.29 is 25.5 Å². The van der Waals surface area contributed by atoms with Crippen LogP contribution in [0.2, 0.25) is 0 Å². The zero-order valence-electron chi connectivity index (χ0n) is 8.69. The van der Waals surface area contributed by atoms with E-state index < -0.39 is 28.8 Å². The summed E-state index contributed by atoms with van der Waals surface area (Å²) in [5, 5.41) is 9.53. The highest BCUT2D eigenvalue weighted by molar-refractivity contribution is 9.18. The Morgan fingerprint density at radius 3 is 2.71 bits per heavy atom. The van der Waals surface area contributed by atoms with Crippen molar-refractivity contribution in [2.45, 2.75) is 37.9 Å². The van der Waals surface area contributed by atoms with Crippen molar-refractivity contribution in [1.29, 1.82) is 0 Å². The Hall–Kier alpha value is -0.300. The van der Waals surface area contributed by atoms with Crippen molar-refractivity contribution in [3.05, 3.63) is 0 Å². The standard InChI is InChI=1S/C8H11BrO5/c1-8(2)13-4(3-10)6(14-8)5(11)7(9)12/h3-6,11H,1-2H3/t4-,5-,6-/m0/s1/i5D. The lowest BCUT2D eigenvalue weighted by Gasteiger charge is -2.18. The summed E-state index contributed by atoms with van der Waals surface area (Å²) >= 11 is 2.47. The molecule has 0 aromatic heterocycles. The lowest BCUT2D eigenvalue weighted by atomic mass is 10.1. The third kappa shape index (κ3) is 2.38. The van der Waals surface area contributed by atoms with Gasteiger partial charge in [0.15, 0.2) is 18.2 Å². The molecule has 6 heteroatoms. The summed E-state index contributed by atoms with van der Waals surface area (Å²) in [6, 6.07) is 0. The predicted molar refractivity (Wildman–Crippen MR) is 49.8 cm³/mol. The third-order valence-electron chi connectivity index (χ3n) is 1.73. The van der Waals surface area contributed by atoms with Gasteiger partial charge in [-0.15, -0.1) is 0 Å². The summed E-state index contributed by atoms with van der Waals surface area (Å²) in [6.07, 6.45) is -4.62. The van der Waals surface area contributed by atoms with Crippen molar-refractivity contribution >= 4 is 26.9 Å². The van der Waals surface area contributed by atoms with E-state index in [1.807, 2.05) is 0 Å². The van der Waals surface area contributed by atoms with E-state index in [9.17, 15) is 14.7 Å². The second kappa shape index (κ2) is 4.06. The highest BCUT2D eigenvalue weighted by Gasteiger charge is 2.46. The number of hydrogen-bond acceptors (Lipinski definition) is 5. The van der Waals surface area contributed by atoms with Crippen molar-refractivity contribution in [1.82, 2.24) is 0 Å². The Morgan fingerprint density at radius 1 is 1.71 bits per heavy atom. The lowest BCUT2D eigenvalue weighted by Crippen LogP contribution is -2.39. The summed E-state index contributed by atoms with van der Waals surface area (Å²) in [4.78, 5) is 21.6. The number of hydrogen-bond donors (Lipinski definition) is 1. The number of halogens is 1. The van der Waals surface area contributed by atoms with Crippen molar-refractivity contribution in [2.75, 3.05) is 0 Å². The largest absolute Gasteiger partial charge is 0.381 e. The number of aliphatic hydroxyl groups is 1. The second-order valence-electron chi connectivity index (χ2n) is 3.32. The molecule has 0 aliphatic carbocycles. The van der Waals surface area contributed by atoms with Crippen LogP contribution in [-0.4, -0.2) is 40.2 Å². The van der Waals surface area contributed by atoms with E-state index in [1.54, 1.807) is 0 Å².